The molecule has 0 bridgehead atoms. The molecule has 19 heavy (non-hydrogen) atoms. The van der Waals surface area contributed by atoms with Gasteiger partial charge in [-0.3, -0.25) is 0 Å². The van der Waals surface area contributed by atoms with Gasteiger partial charge in [-0.2, -0.15) is 0 Å². The van der Waals surface area contributed by atoms with Crippen LogP contribution in [0.15, 0.2) is 18.3 Å². The van der Waals surface area contributed by atoms with Gasteiger partial charge in [-0.25, -0.2) is 4.98 Å². The van der Waals surface area contributed by atoms with Crippen molar-refractivity contribution in [2.75, 3.05) is 23.3 Å². The molecule has 1 unspecified atom stereocenters. The van der Waals surface area contributed by atoms with Crippen molar-refractivity contribution in [3.05, 3.63) is 18.3 Å². The molecule has 0 radical (unpaired) electrons. The van der Waals surface area contributed by atoms with E-state index in [4.69, 9.17) is 0 Å². The fraction of sp³-hybridized carbons (Fsp3) is 0.688. The molecule has 1 aliphatic rings. The molecule has 1 aliphatic heterocycles. The molecule has 1 N–H and O–H groups in total. The van der Waals surface area contributed by atoms with E-state index >= 15 is 0 Å². The molecular formula is C16H27N3. The molecule has 1 atom stereocenters. The second kappa shape index (κ2) is 7.37. The fourth-order valence-corrected chi connectivity index (χ4v) is 2.66. The molecule has 1 saturated heterocycles. The van der Waals surface area contributed by atoms with Crippen molar-refractivity contribution in [3.63, 3.8) is 0 Å². The van der Waals surface area contributed by atoms with Gasteiger partial charge in [0.15, 0.2) is 0 Å². The SMILES string of the molecule is CCCCCC(C)Nc1ccc(N2CCCC2)nc1. The zero-order valence-electron chi connectivity index (χ0n) is 12.4. The lowest BCUT2D eigenvalue weighted by molar-refractivity contribution is 0.615. The second-order valence-corrected chi connectivity index (χ2v) is 5.64. The van der Waals surface area contributed by atoms with E-state index < -0.39 is 0 Å². The molecule has 1 fully saturated rings. The summed E-state index contributed by atoms with van der Waals surface area (Å²) in [5.41, 5.74) is 1.15. The number of anilines is 2. The van der Waals surface area contributed by atoms with E-state index in [2.05, 4.69) is 41.2 Å². The van der Waals surface area contributed by atoms with Gasteiger partial charge in [0, 0.05) is 19.1 Å². The molecule has 1 aromatic heterocycles. The maximum Gasteiger partial charge on any atom is 0.128 e. The number of rotatable bonds is 7. The Labute approximate surface area is 117 Å². The van der Waals surface area contributed by atoms with Crippen LogP contribution >= 0.6 is 0 Å². The van der Waals surface area contributed by atoms with E-state index in [1.807, 2.05) is 6.20 Å². The number of aromatic nitrogens is 1. The van der Waals surface area contributed by atoms with E-state index in [0.717, 1.165) is 24.6 Å². The lowest BCUT2D eigenvalue weighted by atomic mass is 10.1. The maximum atomic E-state index is 4.57. The van der Waals surface area contributed by atoms with Crippen molar-refractivity contribution >= 4 is 11.5 Å². The van der Waals surface area contributed by atoms with Crippen LogP contribution in [-0.4, -0.2) is 24.1 Å². The zero-order valence-corrected chi connectivity index (χ0v) is 12.4. The standard InChI is InChI=1S/C16H27N3/c1-3-4-5-8-14(2)18-15-9-10-16(17-13-15)19-11-6-7-12-19/h9-10,13-14,18H,3-8,11-12H2,1-2H3. The van der Waals surface area contributed by atoms with Crippen LogP contribution in [0.3, 0.4) is 0 Å². The van der Waals surface area contributed by atoms with Gasteiger partial charge in [0.05, 0.1) is 11.9 Å². The second-order valence-electron chi connectivity index (χ2n) is 5.64. The molecule has 0 amide bonds. The van der Waals surface area contributed by atoms with Crippen LogP contribution in [0, 0.1) is 0 Å². The molecule has 3 heteroatoms. The number of hydrogen-bond donors (Lipinski definition) is 1. The highest BCUT2D eigenvalue weighted by Crippen LogP contribution is 2.19. The number of nitrogens with zero attached hydrogens (tertiary/aromatic N) is 2. The Morgan fingerprint density at radius 1 is 1.26 bits per heavy atom. The highest BCUT2D eigenvalue weighted by molar-refractivity contribution is 5.49. The molecule has 2 heterocycles. The first kappa shape index (κ1) is 14.2. The van der Waals surface area contributed by atoms with Crippen LogP contribution in [0.2, 0.25) is 0 Å². The summed E-state index contributed by atoms with van der Waals surface area (Å²) in [7, 11) is 0. The predicted octanol–water partition coefficient (Wildman–Crippen LogP) is 4.06. The Balaban J connectivity index is 1.80. The third kappa shape index (κ3) is 4.41. The van der Waals surface area contributed by atoms with E-state index in [0.29, 0.717) is 6.04 Å². The first-order valence-corrected chi connectivity index (χ1v) is 7.77. The van der Waals surface area contributed by atoms with Gasteiger partial charge in [0.25, 0.3) is 0 Å². The van der Waals surface area contributed by atoms with Crippen molar-refractivity contribution in [2.24, 2.45) is 0 Å². The van der Waals surface area contributed by atoms with Gasteiger partial charge in [0.1, 0.15) is 5.82 Å². The third-order valence-corrected chi connectivity index (χ3v) is 3.83. The molecule has 0 saturated carbocycles. The van der Waals surface area contributed by atoms with Crippen LogP contribution in [0.1, 0.15) is 52.4 Å². The van der Waals surface area contributed by atoms with Crippen LogP contribution < -0.4 is 10.2 Å². The fourth-order valence-electron chi connectivity index (χ4n) is 2.66. The monoisotopic (exact) mass is 261 g/mol. The summed E-state index contributed by atoms with van der Waals surface area (Å²) >= 11 is 0. The third-order valence-electron chi connectivity index (χ3n) is 3.83. The highest BCUT2D eigenvalue weighted by atomic mass is 15.2. The molecule has 106 valence electrons. The van der Waals surface area contributed by atoms with Crippen molar-refractivity contribution < 1.29 is 0 Å². The summed E-state index contributed by atoms with van der Waals surface area (Å²) in [6.07, 6.45) is 9.75. The largest absolute Gasteiger partial charge is 0.381 e. The quantitative estimate of drug-likeness (QED) is 0.750. The average Bonchev–Trinajstić information content (AvgIpc) is 2.94. The van der Waals surface area contributed by atoms with E-state index in [1.165, 1.54) is 38.5 Å². The minimum absolute atomic E-state index is 0.533. The van der Waals surface area contributed by atoms with E-state index in [9.17, 15) is 0 Å². The molecule has 2 rings (SSSR count). The van der Waals surface area contributed by atoms with E-state index in [-0.39, 0.29) is 0 Å². The van der Waals surface area contributed by atoms with Crippen LogP contribution in [0.25, 0.3) is 0 Å². The minimum atomic E-state index is 0.533. The van der Waals surface area contributed by atoms with E-state index in [1.54, 1.807) is 0 Å². The molecule has 0 aliphatic carbocycles. The first-order chi connectivity index (χ1) is 9.29. The van der Waals surface area contributed by atoms with Crippen LogP contribution in [-0.2, 0) is 0 Å². The number of unbranched alkanes of at least 4 members (excludes halogenated alkanes) is 2. The predicted molar refractivity (Wildman–Crippen MR) is 82.9 cm³/mol. The van der Waals surface area contributed by atoms with Gasteiger partial charge in [0.2, 0.25) is 0 Å². The normalized spacial score (nSPS) is 16.6. The molecule has 1 aromatic rings. The summed E-state index contributed by atoms with van der Waals surface area (Å²) in [6, 6.07) is 4.84. The smallest absolute Gasteiger partial charge is 0.128 e. The summed E-state index contributed by atoms with van der Waals surface area (Å²) in [5.74, 6) is 1.13. The lowest BCUT2D eigenvalue weighted by Gasteiger charge is -2.18. The van der Waals surface area contributed by atoms with Gasteiger partial charge >= 0.3 is 0 Å². The van der Waals surface area contributed by atoms with Crippen LogP contribution in [0.4, 0.5) is 11.5 Å². The number of pyridine rings is 1. The van der Waals surface area contributed by atoms with Gasteiger partial charge in [-0.1, -0.05) is 26.2 Å². The van der Waals surface area contributed by atoms with Crippen molar-refractivity contribution in [1.29, 1.82) is 0 Å². The molecule has 3 nitrogen and oxygen atoms in total. The molecular weight excluding hydrogens is 234 g/mol. The lowest BCUT2D eigenvalue weighted by Crippen LogP contribution is -2.19. The summed E-state index contributed by atoms with van der Waals surface area (Å²) in [6.45, 7) is 6.82. The molecule has 0 spiro atoms. The van der Waals surface area contributed by atoms with Crippen LogP contribution in [0.5, 0.6) is 0 Å². The highest BCUT2D eigenvalue weighted by Gasteiger charge is 2.13. The Morgan fingerprint density at radius 3 is 2.68 bits per heavy atom. The van der Waals surface area contributed by atoms with Crippen molar-refractivity contribution in [1.82, 2.24) is 4.98 Å². The maximum absolute atomic E-state index is 4.57. The number of hydrogen-bond acceptors (Lipinski definition) is 3. The van der Waals surface area contributed by atoms with Gasteiger partial charge in [-0.15, -0.1) is 0 Å². The summed E-state index contributed by atoms with van der Waals surface area (Å²) in [4.78, 5) is 6.94. The van der Waals surface area contributed by atoms with Gasteiger partial charge in [-0.05, 0) is 38.3 Å². The Bertz CT molecular complexity index is 355. The van der Waals surface area contributed by atoms with Crippen molar-refractivity contribution in [2.45, 2.75) is 58.4 Å². The van der Waals surface area contributed by atoms with Crippen molar-refractivity contribution in [3.8, 4) is 0 Å². The minimum Gasteiger partial charge on any atom is -0.381 e. The Kier molecular flexibility index (Phi) is 5.49. The Morgan fingerprint density at radius 2 is 2.05 bits per heavy atom. The average molecular weight is 261 g/mol. The Hall–Kier alpha value is -1.25. The first-order valence-electron chi connectivity index (χ1n) is 7.77. The number of nitrogens with one attached hydrogen (secondary N) is 1. The zero-order chi connectivity index (χ0) is 13.5. The summed E-state index contributed by atoms with van der Waals surface area (Å²) < 4.78 is 0. The summed E-state index contributed by atoms with van der Waals surface area (Å²) in [5, 5.41) is 3.54. The van der Waals surface area contributed by atoms with Gasteiger partial charge < -0.3 is 10.2 Å². The molecule has 0 aromatic carbocycles. The topological polar surface area (TPSA) is 28.2 Å².